The summed E-state index contributed by atoms with van der Waals surface area (Å²) >= 11 is 0. The molecule has 0 fully saturated rings. The highest BCUT2D eigenvalue weighted by molar-refractivity contribution is 5.46. The van der Waals surface area contributed by atoms with Crippen molar-refractivity contribution in [3.05, 3.63) is 53.3 Å². The molecule has 2 aromatic rings. The topological polar surface area (TPSA) is 51.6 Å². The third-order valence-corrected chi connectivity index (χ3v) is 3.24. The molecule has 1 N–H and O–H groups in total. The number of hydrogen-bond acceptors (Lipinski definition) is 4. The molecule has 1 unspecified atom stereocenters. The fourth-order valence-electron chi connectivity index (χ4n) is 2.21. The number of benzene rings is 1. The quantitative estimate of drug-likeness (QED) is 0.886. The Morgan fingerprint density at radius 1 is 1.10 bits per heavy atom. The van der Waals surface area contributed by atoms with Crippen molar-refractivity contribution in [1.29, 1.82) is 0 Å². The minimum Gasteiger partial charge on any atom is -0.490 e. The monoisotopic (exact) mass is 287 g/mol. The highest BCUT2D eigenvalue weighted by Gasteiger charge is 2.15. The van der Waals surface area contributed by atoms with Crippen molar-refractivity contribution in [2.24, 2.45) is 0 Å². The zero-order chi connectivity index (χ0) is 15.2. The summed E-state index contributed by atoms with van der Waals surface area (Å²) in [6.07, 6.45) is 2.73. The van der Waals surface area contributed by atoms with Crippen LogP contribution in [0.15, 0.2) is 36.7 Å². The fourth-order valence-corrected chi connectivity index (χ4v) is 2.21. The minimum atomic E-state index is -0.706. The van der Waals surface area contributed by atoms with Gasteiger partial charge in [-0.3, -0.25) is 4.98 Å². The molecule has 0 amide bonds. The van der Waals surface area contributed by atoms with Crippen LogP contribution < -0.4 is 9.47 Å². The zero-order valence-electron chi connectivity index (χ0n) is 12.7. The smallest absolute Gasteiger partial charge is 0.161 e. The van der Waals surface area contributed by atoms with Crippen molar-refractivity contribution in [2.75, 3.05) is 13.2 Å². The van der Waals surface area contributed by atoms with Crippen LogP contribution in [0.3, 0.4) is 0 Å². The maximum Gasteiger partial charge on any atom is 0.161 e. The second-order valence-corrected chi connectivity index (χ2v) is 4.71. The van der Waals surface area contributed by atoms with E-state index in [4.69, 9.17) is 9.47 Å². The standard InChI is InChI=1S/C17H21NO3/c1-4-20-15-7-6-13(10-16(15)21-5-2)17(19)14-8-9-18-11-12(14)3/h6-11,17,19H,4-5H2,1-3H3. The number of aromatic nitrogens is 1. The molecular formula is C17H21NO3. The maximum absolute atomic E-state index is 10.6. The summed E-state index contributed by atoms with van der Waals surface area (Å²) in [6, 6.07) is 7.36. The van der Waals surface area contributed by atoms with Crippen molar-refractivity contribution in [2.45, 2.75) is 26.9 Å². The highest BCUT2D eigenvalue weighted by Crippen LogP contribution is 2.33. The molecule has 1 atom stereocenters. The largest absolute Gasteiger partial charge is 0.490 e. The summed E-state index contributed by atoms with van der Waals surface area (Å²) in [6.45, 7) is 6.91. The lowest BCUT2D eigenvalue weighted by atomic mass is 9.99. The molecule has 1 aromatic carbocycles. The Morgan fingerprint density at radius 2 is 1.81 bits per heavy atom. The molecule has 1 aromatic heterocycles. The lowest BCUT2D eigenvalue weighted by molar-refractivity contribution is 0.218. The Kier molecular flexibility index (Phi) is 5.17. The van der Waals surface area contributed by atoms with Crippen LogP contribution in [0.5, 0.6) is 11.5 Å². The van der Waals surface area contributed by atoms with Crippen LogP contribution in [0, 0.1) is 6.92 Å². The number of hydrogen-bond donors (Lipinski definition) is 1. The van der Waals surface area contributed by atoms with Gasteiger partial charge < -0.3 is 14.6 Å². The molecule has 0 radical (unpaired) electrons. The Balaban J connectivity index is 2.35. The van der Waals surface area contributed by atoms with Crippen LogP contribution in [-0.2, 0) is 0 Å². The third kappa shape index (κ3) is 3.52. The maximum atomic E-state index is 10.6. The number of aliphatic hydroxyl groups excluding tert-OH is 1. The van der Waals surface area contributed by atoms with Gasteiger partial charge in [0, 0.05) is 12.4 Å². The molecular weight excluding hydrogens is 266 g/mol. The lowest BCUT2D eigenvalue weighted by Gasteiger charge is -2.17. The van der Waals surface area contributed by atoms with Gasteiger partial charge in [0.2, 0.25) is 0 Å². The molecule has 0 saturated heterocycles. The van der Waals surface area contributed by atoms with E-state index in [0.29, 0.717) is 24.7 Å². The molecule has 112 valence electrons. The van der Waals surface area contributed by atoms with Gasteiger partial charge in [-0.1, -0.05) is 6.07 Å². The molecule has 4 heteroatoms. The third-order valence-electron chi connectivity index (χ3n) is 3.24. The Bertz CT molecular complexity index is 598. The molecule has 0 aliphatic rings. The number of nitrogens with zero attached hydrogens (tertiary/aromatic N) is 1. The number of rotatable bonds is 6. The fraction of sp³-hybridized carbons (Fsp3) is 0.353. The van der Waals surface area contributed by atoms with E-state index >= 15 is 0 Å². The van der Waals surface area contributed by atoms with Crippen molar-refractivity contribution in [3.8, 4) is 11.5 Å². The second-order valence-electron chi connectivity index (χ2n) is 4.71. The van der Waals surface area contributed by atoms with Gasteiger partial charge in [0.1, 0.15) is 6.10 Å². The zero-order valence-corrected chi connectivity index (χ0v) is 12.7. The Labute approximate surface area is 125 Å². The number of aliphatic hydroxyl groups is 1. The first-order valence-electron chi connectivity index (χ1n) is 7.15. The van der Waals surface area contributed by atoms with Gasteiger partial charge in [0.25, 0.3) is 0 Å². The summed E-state index contributed by atoms with van der Waals surface area (Å²) in [4.78, 5) is 4.05. The van der Waals surface area contributed by atoms with Crippen LogP contribution in [0.25, 0.3) is 0 Å². The molecule has 21 heavy (non-hydrogen) atoms. The van der Waals surface area contributed by atoms with Gasteiger partial charge in [-0.2, -0.15) is 0 Å². The van der Waals surface area contributed by atoms with Gasteiger partial charge in [-0.25, -0.2) is 0 Å². The van der Waals surface area contributed by atoms with Crippen molar-refractivity contribution >= 4 is 0 Å². The van der Waals surface area contributed by atoms with Crippen LogP contribution in [0.4, 0.5) is 0 Å². The molecule has 0 aliphatic heterocycles. The predicted octanol–water partition coefficient (Wildman–Crippen LogP) is 3.27. The van der Waals surface area contributed by atoms with Crippen molar-refractivity contribution < 1.29 is 14.6 Å². The van der Waals surface area contributed by atoms with E-state index in [9.17, 15) is 5.11 Å². The van der Waals surface area contributed by atoms with E-state index in [1.165, 1.54) is 0 Å². The molecule has 0 saturated carbocycles. The molecule has 0 aliphatic carbocycles. The number of pyridine rings is 1. The SMILES string of the molecule is CCOc1ccc(C(O)c2ccncc2C)cc1OCC. The number of ether oxygens (including phenoxy) is 2. The van der Waals surface area contributed by atoms with Crippen LogP contribution in [0.2, 0.25) is 0 Å². The van der Waals surface area contributed by atoms with Gasteiger partial charge in [-0.05, 0) is 55.7 Å². The van der Waals surface area contributed by atoms with E-state index in [1.54, 1.807) is 12.4 Å². The molecule has 0 spiro atoms. The van der Waals surface area contributed by atoms with E-state index in [-0.39, 0.29) is 0 Å². The molecule has 2 rings (SSSR count). The lowest BCUT2D eigenvalue weighted by Crippen LogP contribution is -2.04. The van der Waals surface area contributed by atoms with Gasteiger partial charge in [0.05, 0.1) is 13.2 Å². The first-order chi connectivity index (χ1) is 10.2. The Hall–Kier alpha value is -2.07. The molecule has 1 heterocycles. The van der Waals surface area contributed by atoms with Crippen LogP contribution in [-0.4, -0.2) is 23.3 Å². The second kappa shape index (κ2) is 7.09. The average Bonchev–Trinajstić information content (AvgIpc) is 2.49. The van der Waals surface area contributed by atoms with Crippen molar-refractivity contribution in [3.63, 3.8) is 0 Å². The summed E-state index contributed by atoms with van der Waals surface area (Å²) in [5.41, 5.74) is 2.57. The van der Waals surface area contributed by atoms with Crippen molar-refractivity contribution in [1.82, 2.24) is 4.98 Å². The Morgan fingerprint density at radius 3 is 2.48 bits per heavy atom. The van der Waals surface area contributed by atoms with Gasteiger partial charge in [-0.15, -0.1) is 0 Å². The van der Waals surface area contributed by atoms with E-state index < -0.39 is 6.10 Å². The van der Waals surface area contributed by atoms with Gasteiger partial charge in [0.15, 0.2) is 11.5 Å². The first-order valence-corrected chi connectivity index (χ1v) is 7.15. The van der Waals surface area contributed by atoms with Crippen LogP contribution in [0.1, 0.15) is 36.6 Å². The van der Waals surface area contributed by atoms with E-state index in [1.807, 2.05) is 45.0 Å². The first kappa shape index (κ1) is 15.3. The highest BCUT2D eigenvalue weighted by atomic mass is 16.5. The van der Waals surface area contributed by atoms with Crippen LogP contribution >= 0.6 is 0 Å². The normalized spacial score (nSPS) is 12.0. The van der Waals surface area contributed by atoms with E-state index in [0.717, 1.165) is 16.7 Å². The molecule has 0 bridgehead atoms. The number of aryl methyl sites for hydroxylation is 1. The summed E-state index contributed by atoms with van der Waals surface area (Å²) in [5, 5.41) is 10.6. The molecule has 4 nitrogen and oxygen atoms in total. The predicted molar refractivity (Wildman–Crippen MR) is 81.8 cm³/mol. The van der Waals surface area contributed by atoms with E-state index in [2.05, 4.69) is 4.98 Å². The summed E-state index contributed by atoms with van der Waals surface area (Å²) in [7, 11) is 0. The minimum absolute atomic E-state index is 0.550. The average molecular weight is 287 g/mol. The summed E-state index contributed by atoms with van der Waals surface area (Å²) < 4.78 is 11.1. The summed E-state index contributed by atoms with van der Waals surface area (Å²) in [5.74, 6) is 1.35. The van der Waals surface area contributed by atoms with Gasteiger partial charge >= 0.3 is 0 Å².